The first-order valence-electron chi connectivity index (χ1n) is 9.40. The maximum atomic E-state index is 13.4. The van der Waals surface area contributed by atoms with Gasteiger partial charge in [0.15, 0.2) is 0 Å². The SMILES string of the molecule is O=C(c1ccc(-c2ccccc2)cc1)N1Cc2ccsc2Cc2ccccc21. The number of thiophene rings is 1. The molecular weight excluding hydrogens is 362 g/mol. The lowest BCUT2D eigenvalue weighted by Gasteiger charge is -2.23. The number of amides is 1. The number of carbonyl (C=O) groups is 1. The largest absolute Gasteiger partial charge is 0.304 e. The van der Waals surface area contributed by atoms with E-state index in [9.17, 15) is 4.79 Å². The fraction of sp³-hybridized carbons (Fsp3) is 0.0800. The molecule has 4 aromatic rings. The number of fused-ring (bicyclic) bond motifs is 2. The molecule has 0 saturated carbocycles. The number of benzene rings is 3. The number of nitrogens with zero attached hydrogens (tertiary/aromatic N) is 1. The molecule has 3 aromatic carbocycles. The number of carbonyl (C=O) groups excluding carboxylic acids is 1. The van der Waals surface area contributed by atoms with Crippen LogP contribution in [0.2, 0.25) is 0 Å². The van der Waals surface area contributed by atoms with Crippen molar-refractivity contribution in [1.82, 2.24) is 0 Å². The van der Waals surface area contributed by atoms with Gasteiger partial charge >= 0.3 is 0 Å². The first-order valence-corrected chi connectivity index (χ1v) is 10.3. The van der Waals surface area contributed by atoms with Crippen LogP contribution in [-0.4, -0.2) is 5.91 Å². The van der Waals surface area contributed by atoms with Gasteiger partial charge in [-0.2, -0.15) is 0 Å². The molecule has 2 nitrogen and oxygen atoms in total. The highest BCUT2D eigenvalue weighted by Crippen LogP contribution is 2.34. The molecule has 0 aliphatic carbocycles. The van der Waals surface area contributed by atoms with Crippen molar-refractivity contribution in [1.29, 1.82) is 0 Å². The van der Waals surface area contributed by atoms with Crippen LogP contribution in [0.25, 0.3) is 11.1 Å². The minimum atomic E-state index is 0.0473. The predicted molar refractivity (Wildman–Crippen MR) is 116 cm³/mol. The molecule has 1 aliphatic heterocycles. The van der Waals surface area contributed by atoms with Gasteiger partial charge in [0, 0.05) is 22.5 Å². The molecular formula is C25H19NOS. The number of hydrogen-bond acceptors (Lipinski definition) is 2. The zero-order valence-electron chi connectivity index (χ0n) is 15.3. The van der Waals surface area contributed by atoms with Crippen molar-refractivity contribution in [3.05, 3.63) is 112 Å². The van der Waals surface area contributed by atoms with Crippen LogP contribution in [0.3, 0.4) is 0 Å². The topological polar surface area (TPSA) is 20.3 Å². The first-order chi connectivity index (χ1) is 13.8. The minimum absolute atomic E-state index is 0.0473. The van der Waals surface area contributed by atoms with Gasteiger partial charge in [0.1, 0.15) is 0 Å². The molecule has 28 heavy (non-hydrogen) atoms. The average molecular weight is 382 g/mol. The Labute approximate surface area is 168 Å². The first kappa shape index (κ1) is 17.0. The van der Waals surface area contributed by atoms with Crippen LogP contribution in [0, 0.1) is 0 Å². The van der Waals surface area contributed by atoms with E-state index >= 15 is 0 Å². The maximum Gasteiger partial charge on any atom is 0.258 e. The van der Waals surface area contributed by atoms with E-state index in [2.05, 4.69) is 41.8 Å². The molecule has 1 aliphatic rings. The predicted octanol–water partition coefficient (Wildman–Crippen LogP) is 6.17. The van der Waals surface area contributed by atoms with Crippen molar-refractivity contribution in [2.75, 3.05) is 4.90 Å². The lowest BCUT2D eigenvalue weighted by Crippen LogP contribution is -2.30. The van der Waals surface area contributed by atoms with E-state index in [1.807, 2.05) is 53.4 Å². The number of para-hydroxylation sites is 1. The van der Waals surface area contributed by atoms with E-state index in [1.165, 1.54) is 16.0 Å². The standard InChI is InChI=1S/C25H19NOS/c27-25(20-12-10-19(11-13-20)18-6-2-1-3-7-18)26-17-22-14-15-28-24(22)16-21-8-4-5-9-23(21)26/h1-15H,16-17H2. The third-order valence-corrected chi connectivity index (χ3v) is 6.25. The molecule has 0 spiro atoms. The Hall–Kier alpha value is -3.17. The Morgan fingerprint density at radius 1 is 0.750 bits per heavy atom. The highest BCUT2D eigenvalue weighted by molar-refractivity contribution is 7.10. The molecule has 1 amide bonds. The van der Waals surface area contributed by atoms with E-state index in [1.54, 1.807) is 11.3 Å². The van der Waals surface area contributed by atoms with Crippen molar-refractivity contribution >= 4 is 22.9 Å². The fourth-order valence-corrected chi connectivity index (χ4v) is 4.71. The number of rotatable bonds is 2. The third kappa shape index (κ3) is 3.04. The zero-order valence-corrected chi connectivity index (χ0v) is 16.2. The molecule has 3 heteroatoms. The van der Waals surface area contributed by atoms with Crippen LogP contribution in [0.1, 0.15) is 26.4 Å². The third-order valence-electron chi connectivity index (χ3n) is 5.28. The summed E-state index contributed by atoms with van der Waals surface area (Å²) in [5, 5.41) is 2.12. The Morgan fingerprint density at radius 2 is 1.46 bits per heavy atom. The molecule has 0 unspecified atom stereocenters. The molecule has 5 rings (SSSR count). The van der Waals surface area contributed by atoms with Gasteiger partial charge in [-0.05, 0) is 51.9 Å². The van der Waals surface area contributed by atoms with Gasteiger partial charge in [-0.15, -0.1) is 11.3 Å². The number of hydrogen-bond donors (Lipinski definition) is 0. The van der Waals surface area contributed by atoms with E-state index < -0.39 is 0 Å². The van der Waals surface area contributed by atoms with Gasteiger partial charge in [-0.3, -0.25) is 4.79 Å². The lowest BCUT2D eigenvalue weighted by atomic mass is 10.0. The molecule has 0 radical (unpaired) electrons. The van der Waals surface area contributed by atoms with Gasteiger partial charge in [-0.25, -0.2) is 0 Å². The van der Waals surface area contributed by atoms with Crippen molar-refractivity contribution in [3.63, 3.8) is 0 Å². The van der Waals surface area contributed by atoms with Crippen molar-refractivity contribution in [3.8, 4) is 11.1 Å². The van der Waals surface area contributed by atoms with Gasteiger partial charge in [0.25, 0.3) is 5.91 Å². The Balaban J connectivity index is 1.51. The molecule has 0 saturated heterocycles. The van der Waals surface area contributed by atoms with Crippen molar-refractivity contribution in [2.45, 2.75) is 13.0 Å². The molecule has 136 valence electrons. The minimum Gasteiger partial charge on any atom is -0.304 e. The smallest absolute Gasteiger partial charge is 0.258 e. The molecule has 0 bridgehead atoms. The van der Waals surface area contributed by atoms with Crippen LogP contribution >= 0.6 is 11.3 Å². The molecule has 0 fully saturated rings. The monoisotopic (exact) mass is 381 g/mol. The Bertz CT molecular complexity index is 1130. The van der Waals surface area contributed by atoms with E-state index in [-0.39, 0.29) is 5.91 Å². The summed E-state index contributed by atoms with van der Waals surface area (Å²) in [6.45, 7) is 0.620. The Morgan fingerprint density at radius 3 is 2.29 bits per heavy atom. The summed E-state index contributed by atoms with van der Waals surface area (Å²) in [5.74, 6) is 0.0473. The van der Waals surface area contributed by atoms with E-state index in [4.69, 9.17) is 0 Å². The lowest BCUT2D eigenvalue weighted by molar-refractivity contribution is 0.0985. The van der Waals surface area contributed by atoms with Gasteiger partial charge in [-0.1, -0.05) is 60.7 Å². The summed E-state index contributed by atoms with van der Waals surface area (Å²) < 4.78 is 0. The van der Waals surface area contributed by atoms with Crippen LogP contribution < -0.4 is 4.90 Å². The van der Waals surface area contributed by atoms with Crippen LogP contribution in [0.5, 0.6) is 0 Å². The van der Waals surface area contributed by atoms with Crippen LogP contribution in [0.15, 0.2) is 90.3 Å². The van der Waals surface area contributed by atoms with Crippen LogP contribution in [0.4, 0.5) is 5.69 Å². The second-order valence-corrected chi connectivity index (χ2v) is 8.01. The number of anilines is 1. The highest BCUT2D eigenvalue weighted by Gasteiger charge is 2.25. The summed E-state index contributed by atoms with van der Waals surface area (Å²) in [6.07, 6.45) is 0.889. The molecule has 0 atom stereocenters. The second-order valence-electron chi connectivity index (χ2n) is 7.01. The summed E-state index contributed by atoms with van der Waals surface area (Å²) in [7, 11) is 0. The van der Waals surface area contributed by atoms with Crippen molar-refractivity contribution < 1.29 is 4.79 Å². The van der Waals surface area contributed by atoms with Crippen molar-refractivity contribution in [2.24, 2.45) is 0 Å². The zero-order chi connectivity index (χ0) is 18.9. The molecule has 2 heterocycles. The highest BCUT2D eigenvalue weighted by atomic mass is 32.1. The van der Waals surface area contributed by atoms with Crippen LogP contribution in [-0.2, 0) is 13.0 Å². The van der Waals surface area contributed by atoms with Gasteiger partial charge < -0.3 is 4.90 Å². The van der Waals surface area contributed by atoms with E-state index in [0.29, 0.717) is 12.1 Å². The second kappa shape index (κ2) is 7.10. The summed E-state index contributed by atoms with van der Waals surface area (Å²) in [6, 6.07) is 28.6. The molecule has 0 N–H and O–H groups in total. The summed E-state index contributed by atoms with van der Waals surface area (Å²) >= 11 is 1.77. The quantitative estimate of drug-likeness (QED) is 0.407. The maximum absolute atomic E-state index is 13.4. The summed E-state index contributed by atoms with van der Waals surface area (Å²) in [5.41, 5.74) is 6.46. The Kier molecular flexibility index (Phi) is 4.30. The molecule has 1 aromatic heterocycles. The summed E-state index contributed by atoms with van der Waals surface area (Å²) in [4.78, 5) is 16.7. The average Bonchev–Trinajstić information content (AvgIpc) is 3.13. The van der Waals surface area contributed by atoms with Gasteiger partial charge in [0.05, 0.1) is 6.54 Å². The fourth-order valence-electron chi connectivity index (χ4n) is 3.79. The normalized spacial score (nSPS) is 12.8. The van der Waals surface area contributed by atoms with Gasteiger partial charge in [0.2, 0.25) is 0 Å². The van der Waals surface area contributed by atoms with E-state index in [0.717, 1.165) is 23.2 Å².